The van der Waals surface area contributed by atoms with Crippen LogP contribution in [0.15, 0.2) is 42.5 Å². The topological polar surface area (TPSA) is 68.2 Å². The molecule has 0 aliphatic carbocycles. The largest absolute Gasteiger partial charge is 0.491 e. The maximum atomic E-state index is 11.4. The molecule has 138 valence electrons. The number of rotatable bonds is 8. The van der Waals surface area contributed by atoms with Gasteiger partial charge in [0.1, 0.15) is 18.5 Å². The Morgan fingerprint density at radius 1 is 1.23 bits per heavy atom. The molecule has 3 rings (SSSR count). The van der Waals surface area contributed by atoms with Crippen LogP contribution in [-0.2, 0) is 6.54 Å². The molecule has 0 aromatic heterocycles. The molecule has 1 heterocycles. The zero-order chi connectivity index (χ0) is 18.5. The maximum absolute atomic E-state index is 11.4. The van der Waals surface area contributed by atoms with E-state index in [4.69, 9.17) is 14.2 Å². The Morgan fingerprint density at radius 3 is 2.85 bits per heavy atom. The Balaban J connectivity index is 1.47. The van der Waals surface area contributed by atoms with Gasteiger partial charge in [-0.2, -0.15) is 0 Å². The number of nitrogens with zero attached hydrogens (tertiary/aromatic N) is 1. The number of aliphatic hydroxyl groups is 1. The Kier molecular flexibility index (Phi) is 5.75. The minimum absolute atomic E-state index is 0.0144. The second-order valence-electron chi connectivity index (χ2n) is 6.43. The highest BCUT2D eigenvalue weighted by atomic mass is 16.7. The van der Waals surface area contributed by atoms with Gasteiger partial charge < -0.3 is 19.3 Å². The fourth-order valence-corrected chi connectivity index (χ4v) is 2.83. The summed E-state index contributed by atoms with van der Waals surface area (Å²) in [6, 6.07) is 12.8. The average Bonchev–Trinajstić information content (AvgIpc) is 3.08. The number of carbonyl (C=O) groups excluding carboxylic acids is 1. The zero-order valence-electron chi connectivity index (χ0n) is 15.0. The summed E-state index contributed by atoms with van der Waals surface area (Å²) in [5.41, 5.74) is 1.68. The van der Waals surface area contributed by atoms with Gasteiger partial charge in [0, 0.05) is 18.7 Å². The van der Waals surface area contributed by atoms with Crippen LogP contribution >= 0.6 is 0 Å². The number of likely N-dealkylation sites (N-methyl/N-ethyl adjacent to an activating group) is 1. The highest BCUT2D eigenvalue weighted by Gasteiger charge is 2.15. The van der Waals surface area contributed by atoms with Crippen molar-refractivity contribution in [3.63, 3.8) is 0 Å². The molecule has 0 spiro atoms. The van der Waals surface area contributed by atoms with E-state index in [0.717, 1.165) is 17.1 Å². The van der Waals surface area contributed by atoms with Crippen LogP contribution in [-0.4, -0.2) is 48.9 Å². The van der Waals surface area contributed by atoms with Crippen LogP contribution in [0.3, 0.4) is 0 Å². The molecule has 6 nitrogen and oxygen atoms in total. The van der Waals surface area contributed by atoms with Crippen molar-refractivity contribution >= 4 is 5.78 Å². The number of fused-ring (bicyclic) bond motifs is 1. The van der Waals surface area contributed by atoms with Gasteiger partial charge in [0.25, 0.3) is 0 Å². The Bertz CT molecular complexity index is 777. The van der Waals surface area contributed by atoms with Crippen LogP contribution in [0, 0.1) is 0 Å². The Labute approximate surface area is 152 Å². The molecule has 1 aliphatic heterocycles. The lowest BCUT2D eigenvalue weighted by molar-refractivity contribution is 0.0743. The quantitative estimate of drug-likeness (QED) is 0.732. The molecule has 1 aliphatic rings. The van der Waals surface area contributed by atoms with Crippen LogP contribution < -0.4 is 14.2 Å². The predicted molar refractivity (Wildman–Crippen MR) is 96.8 cm³/mol. The molecule has 0 radical (unpaired) electrons. The van der Waals surface area contributed by atoms with Crippen molar-refractivity contribution in [1.29, 1.82) is 0 Å². The molecule has 0 amide bonds. The average molecular weight is 357 g/mol. The minimum atomic E-state index is -0.644. The lowest BCUT2D eigenvalue weighted by Gasteiger charge is -2.21. The summed E-state index contributed by atoms with van der Waals surface area (Å²) in [5, 5.41) is 10.2. The smallest absolute Gasteiger partial charge is 0.231 e. The van der Waals surface area contributed by atoms with E-state index >= 15 is 0 Å². The predicted octanol–water partition coefficient (Wildman–Crippen LogP) is 2.49. The molecule has 1 N–H and O–H groups in total. The lowest BCUT2D eigenvalue weighted by Crippen LogP contribution is -2.32. The molecule has 0 saturated heterocycles. The second-order valence-corrected chi connectivity index (χ2v) is 6.43. The highest BCUT2D eigenvalue weighted by molar-refractivity contribution is 5.94. The molecule has 26 heavy (non-hydrogen) atoms. The van der Waals surface area contributed by atoms with Crippen molar-refractivity contribution in [2.75, 3.05) is 27.0 Å². The Morgan fingerprint density at radius 2 is 2.04 bits per heavy atom. The van der Waals surface area contributed by atoms with Gasteiger partial charge >= 0.3 is 0 Å². The number of Topliss-reactive ketones (excluding diaryl/α,β-unsaturated/α-hetero) is 1. The Hall–Kier alpha value is -2.57. The van der Waals surface area contributed by atoms with E-state index in [1.165, 1.54) is 6.92 Å². The fraction of sp³-hybridized carbons (Fsp3) is 0.350. The van der Waals surface area contributed by atoms with E-state index in [1.54, 1.807) is 24.3 Å². The first-order chi connectivity index (χ1) is 12.5. The van der Waals surface area contributed by atoms with Gasteiger partial charge in [-0.1, -0.05) is 18.2 Å². The van der Waals surface area contributed by atoms with Crippen molar-refractivity contribution in [2.45, 2.75) is 19.6 Å². The molecule has 0 bridgehead atoms. The normalized spacial score (nSPS) is 13.7. The summed E-state index contributed by atoms with van der Waals surface area (Å²) in [4.78, 5) is 13.4. The third-order valence-corrected chi connectivity index (χ3v) is 4.09. The van der Waals surface area contributed by atoms with Crippen molar-refractivity contribution in [2.24, 2.45) is 0 Å². The number of hydrogen-bond donors (Lipinski definition) is 1. The number of ketones is 1. The SMILES string of the molecule is CC(=O)c1cccc(OC[C@@H](O)CN(C)Cc2ccc3c(c2)OCO3)c1. The maximum Gasteiger partial charge on any atom is 0.231 e. The van der Waals surface area contributed by atoms with Crippen molar-refractivity contribution < 1.29 is 24.1 Å². The third-order valence-electron chi connectivity index (χ3n) is 4.09. The van der Waals surface area contributed by atoms with Gasteiger partial charge in [0.05, 0.1) is 0 Å². The van der Waals surface area contributed by atoms with Crippen molar-refractivity contribution in [3.05, 3.63) is 53.6 Å². The van der Waals surface area contributed by atoms with Crippen LogP contribution in [0.5, 0.6) is 17.2 Å². The number of hydrogen-bond acceptors (Lipinski definition) is 6. The van der Waals surface area contributed by atoms with E-state index in [9.17, 15) is 9.90 Å². The number of benzene rings is 2. The van der Waals surface area contributed by atoms with E-state index in [1.807, 2.05) is 30.1 Å². The summed E-state index contributed by atoms with van der Waals surface area (Å²) < 4.78 is 16.3. The molecule has 2 aromatic carbocycles. The first-order valence-corrected chi connectivity index (χ1v) is 8.50. The van der Waals surface area contributed by atoms with Gasteiger partial charge in [-0.15, -0.1) is 0 Å². The second kappa shape index (κ2) is 8.21. The number of aliphatic hydroxyl groups excluding tert-OH is 1. The van der Waals surface area contributed by atoms with Gasteiger partial charge in [0.2, 0.25) is 6.79 Å². The standard InChI is InChI=1S/C20H23NO5/c1-14(22)16-4-3-5-18(9-16)24-12-17(23)11-21(2)10-15-6-7-19-20(8-15)26-13-25-19/h3-9,17,23H,10-13H2,1-2H3/t17-/m0/s1. The van der Waals surface area contributed by atoms with Crippen molar-refractivity contribution in [1.82, 2.24) is 4.90 Å². The molecule has 2 aromatic rings. The zero-order valence-corrected chi connectivity index (χ0v) is 15.0. The molecule has 0 unspecified atom stereocenters. The van der Waals surface area contributed by atoms with Crippen LogP contribution in [0.4, 0.5) is 0 Å². The van der Waals surface area contributed by atoms with Crippen LogP contribution in [0.25, 0.3) is 0 Å². The molecule has 1 atom stereocenters. The fourth-order valence-electron chi connectivity index (χ4n) is 2.83. The summed E-state index contributed by atoms with van der Waals surface area (Å²) in [6.07, 6.45) is -0.644. The van der Waals surface area contributed by atoms with Crippen LogP contribution in [0.1, 0.15) is 22.8 Å². The van der Waals surface area contributed by atoms with E-state index < -0.39 is 6.10 Å². The first kappa shape index (κ1) is 18.2. The molecular formula is C20H23NO5. The monoisotopic (exact) mass is 357 g/mol. The summed E-state index contributed by atoms with van der Waals surface area (Å²) >= 11 is 0. The van der Waals surface area contributed by atoms with Gasteiger partial charge in [-0.3, -0.25) is 9.69 Å². The molecular weight excluding hydrogens is 334 g/mol. The van der Waals surface area contributed by atoms with Gasteiger partial charge in [-0.25, -0.2) is 0 Å². The van der Waals surface area contributed by atoms with Crippen LogP contribution in [0.2, 0.25) is 0 Å². The van der Waals surface area contributed by atoms with Crippen molar-refractivity contribution in [3.8, 4) is 17.2 Å². The summed E-state index contributed by atoms with van der Waals surface area (Å²) in [6.45, 7) is 3.07. The molecule has 6 heteroatoms. The van der Waals surface area contributed by atoms with E-state index in [-0.39, 0.29) is 19.2 Å². The van der Waals surface area contributed by atoms with E-state index in [0.29, 0.717) is 24.4 Å². The molecule has 0 fully saturated rings. The summed E-state index contributed by atoms with van der Waals surface area (Å²) in [7, 11) is 1.93. The highest BCUT2D eigenvalue weighted by Crippen LogP contribution is 2.32. The minimum Gasteiger partial charge on any atom is -0.491 e. The first-order valence-electron chi connectivity index (χ1n) is 8.50. The van der Waals surface area contributed by atoms with Gasteiger partial charge in [-0.05, 0) is 43.8 Å². The van der Waals surface area contributed by atoms with Gasteiger partial charge in [0.15, 0.2) is 17.3 Å². The third kappa shape index (κ3) is 4.74. The summed E-state index contributed by atoms with van der Waals surface area (Å²) in [5.74, 6) is 2.08. The molecule has 0 saturated carbocycles. The number of ether oxygens (including phenoxy) is 3. The van der Waals surface area contributed by atoms with E-state index in [2.05, 4.69) is 0 Å². The number of carbonyl (C=O) groups is 1. The lowest BCUT2D eigenvalue weighted by atomic mass is 10.1.